The van der Waals surface area contributed by atoms with Gasteiger partial charge in [0.05, 0.1) is 29.0 Å². The molecule has 0 unspecified atom stereocenters. The summed E-state index contributed by atoms with van der Waals surface area (Å²) in [5.74, 6) is -0.0802. The average Bonchev–Trinajstić information content (AvgIpc) is 3.10. The predicted octanol–water partition coefficient (Wildman–Crippen LogP) is 3.68. The molecule has 0 fully saturated rings. The molecule has 0 atom stereocenters. The van der Waals surface area contributed by atoms with Gasteiger partial charge in [-0.2, -0.15) is 0 Å². The molecule has 0 aliphatic carbocycles. The van der Waals surface area contributed by atoms with Crippen LogP contribution in [0.15, 0.2) is 53.7 Å². The summed E-state index contributed by atoms with van der Waals surface area (Å²) in [5.41, 5.74) is 3.35. The molecule has 152 valence electrons. The maximum absolute atomic E-state index is 12.2. The van der Waals surface area contributed by atoms with Crippen molar-refractivity contribution in [1.82, 2.24) is 14.9 Å². The van der Waals surface area contributed by atoms with E-state index in [0.717, 1.165) is 29.2 Å². The van der Waals surface area contributed by atoms with Gasteiger partial charge >= 0.3 is 5.97 Å². The Labute approximate surface area is 174 Å². The van der Waals surface area contributed by atoms with Gasteiger partial charge in [-0.3, -0.25) is 4.79 Å². The minimum Gasteiger partial charge on any atom is -0.462 e. The number of imidazole rings is 1. The van der Waals surface area contributed by atoms with Gasteiger partial charge < -0.3 is 14.6 Å². The van der Waals surface area contributed by atoms with Crippen molar-refractivity contribution in [2.75, 3.05) is 18.9 Å². The predicted molar refractivity (Wildman–Crippen MR) is 115 cm³/mol. The number of thioether (sulfide) groups is 1. The summed E-state index contributed by atoms with van der Waals surface area (Å²) >= 11 is 1.40. The summed E-state index contributed by atoms with van der Waals surface area (Å²) < 4.78 is 7.10. The van der Waals surface area contributed by atoms with E-state index >= 15 is 0 Å². The van der Waals surface area contributed by atoms with Crippen LogP contribution >= 0.6 is 11.8 Å². The van der Waals surface area contributed by atoms with E-state index < -0.39 is 0 Å². The molecule has 1 amide bonds. The Bertz CT molecular complexity index is 986. The lowest BCUT2D eigenvalue weighted by Gasteiger charge is -2.07. The molecule has 7 heteroatoms. The highest BCUT2D eigenvalue weighted by molar-refractivity contribution is 7.99. The molecular weight excluding hydrogens is 386 g/mol. The van der Waals surface area contributed by atoms with Crippen LogP contribution in [0.4, 0.5) is 0 Å². The Morgan fingerprint density at radius 3 is 2.66 bits per heavy atom. The third-order valence-electron chi connectivity index (χ3n) is 4.45. The van der Waals surface area contributed by atoms with Gasteiger partial charge in [0.2, 0.25) is 5.91 Å². The number of nitrogens with one attached hydrogen (secondary N) is 1. The lowest BCUT2D eigenvalue weighted by molar-refractivity contribution is -0.118. The normalized spacial score (nSPS) is 10.8. The third-order valence-corrected chi connectivity index (χ3v) is 5.43. The number of ether oxygens (including phenoxy) is 1. The van der Waals surface area contributed by atoms with Crippen LogP contribution in [-0.4, -0.2) is 40.3 Å². The number of amides is 1. The van der Waals surface area contributed by atoms with Gasteiger partial charge in [-0.25, -0.2) is 9.78 Å². The van der Waals surface area contributed by atoms with Crippen LogP contribution in [-0.2, 0) is 22.5 Å². The molecule has 3 rings (SSSR count). The Kier molecular flexibility index (Phi) is 7.30. The second-order valence-electron chi connectivity index (χ2n) is 6.44. The molecule has 1 aromatic heterocycles. The van der Waals surface area contributed by atoms with Crippen LogP contribution in [0.25, 0.3) is 11.0 Å². The number of benzene rings is 2. The first-order valence-corrected chi connectivity index (χ1v) is 10.7. The lowest BCUT2D eigenvalue weighted by Crippen LogP contribution is -2.27. The Morgan fingerprint density at radius 2 is 1.93 bits per heavy atom. The van der Waals surface area contributed by atoms with E-state index in [4.69, 9.17) is 4.74 Å². The fourth-order valence-electron chi connectivity index (χ4n) is 3.04. The molecule has 0 aliphatic heterocycles. The molecule has 0 saturated carbocycles. The fourth-order valence-corrected chi connectivity index (χ4v) is 3.95. The first-order chi connectivity index (χ1) is 14.1. The summed E-state index contributed by atoms with van der Waals surface area (Å²) in [7, 11) is 0. The van der Waals surface area contributed by atoms with Crippen molar-refractivity contribution < 1.29 is 14.3 Å². The van der Waals surface area contributed by atoms with Gasteiger partial charge in [-0.15, -0.1) is 0 Å². The van der Waals surface area contributed by atoms with Gasteiger partial charge in [0.25, 0.3) is 0 Å². The topological polar surface area (TPSA) is 73.2 Å². The minimum atomic E-state index is -0.354. The van der Waals surface area contributed by atoms with Crippen molar-refractivity contribution in [2.24, 2.45) is 0 Å². The molecule has 1 N–H and O–H groups in total. The highest BCUT2D eigenvalue weighted by atomic mass is 32.2. The summed E-state index contributed by atoms with van der Waals surface area (Å²) in [6.07, 6.45) is 0.807. The zero-order valence-corrected chi connectivity index (χ0v) is 17.5. The molecule has 2 aromatic carbocycles. The summed E-state index contributed by atoms with van der Waals surface area (Å²) in [4.78, 5) is 28.8. The van der Waals surface area contributed by atoms with Crippen molar-refractivity contribution in [3.63, 3.8) is 0 Å². The van der Waals surface area contributed by atoms with Crippen LogP contribution in [0, 0.1) is 0 Å². The Hall–Kier alpha value is -2.80. The van der Waals surface area contributed by atoms with Gasteiger partial charge in [0.15, 0.2) is 5.16 Å². The second kappa shape index (κ2) is 10.1. The van der Waals surface area contributed by atoms with Crippen LogP contribution in [0.5, 0.6) is 0 Å². The number of hydrogen-bond acceptors (Lipinski definition) is 5. The quantitative estimate of drug-likeness (QED) is 0.429. The summed E-state index contributed by atoms with van der Waals surface area (Å²) in [5, 5.41) is 3.72. The van der Waals surface area contributed by atoms with E-state index in [-0.39, 0.29) is 11.9 Å². The number of nitrogens with zero attached hydrogens (tertiary/aromatic N) is 2. The molecular formula is C22H25N3O3S. The number of aryl methyl sites for hydroxylation is 1. The van der Waals surface area contributed by atoms with E-state index in [9.17, 15) is 9.59 Å². The number of carbonyl (C=O) groups excluding carboxylic acids is 2. The number of esters is 1. The summed E-state index contributed by atoms with van der Waals surface area (Å²) in [6, 6.07) is 15.4. The number of rotatable bonds is 9. The van der Waals surface area contributed by atoms with E-state index in [2.05, 4.69) is 22.4 Å². The van der Waals surface area contributed by atoms with Crippen molar-refractivity contribution in [2.45, 2.75) is 32.0 Å². The van der Waals surface area contributed by atoms with Crippen molar-refractivity contribution >= 4 is 34.7 Å². The van der Waals surface area contributed by atoms with Crippen LogP contribution in [0.3, 0.4) is 0 Å². The van der Waals surface area contributed by atoms with E-state index in [1.807, 2.05) is 35.8 Å². The molecule has 6 nitrogen and oxygen atoms in total. The van der Waals surface area contributed by atoms with Crippen molar-refractivity contribution in [3.8, 4) is 0 Å². The van der Waals surface area contributed by atoms with Gasteiger partial charge in [0.1, 0.15) is 0 Å². The number of hydrogen-bond donors (Lipinski definition) is 1. The molecule has 0 aliphatic rings. The highest BCUT2D eigenvalue weighted by Gasteiger charge is 2.15. The molecule has 1 heterocycles. The Balaban J connectivity index is 1.61. The molecule has 29 heavy (non-hydrogen) atoms. The lowest BCUT2D eigenvalue weighted by atomic mass is 10.1. The molecule has 0 spiro atoms. The highest BCUT2D eigenvalue weighted by Crippen LogP contribution is 2.25. The van der Waals surface area contributed by atoms with Crippen LogP contribution in [0.1, 0.15) is 29.8 Å². The van der Waals surface area contributed by atoms with Gasteiger partial charge in [0, 0.05) is 13.1 Å². The second-order valence-corrected chi connectivity index (χ2v) is 7.38. The largest absolute Gasteiger partial charge is 0.462 e. The number of carbonyl (C=O) groups is 2. The zero-order chi connectivity index (χ0) is 20.6. The fraction of sp³-hybridized carbons (Fsp3) is 0.318. The third kappa shape index (κ3) is 5.38. The maximum atomic E-state index is 12.2. The molecule has 0 bridgehead atoms. The van der Waals surface area contributed by atoms with Gasteiger partial charge in [-0.1, -0.05) is 42.1 Å². The first kappa shape index (κ1) is 20.9. The minimum absolute atomic E-state index is 0.0205. The van der Waals surface area contributed by atoms with E-state index in [0.29, 0.717) is 24.5 Å². The molecule has 0 radical (unpaired) electrons. The SMILES string of the molecule is CCOC(=O)c1ccc2c(c1)nc(SCC(=O)NCCc1ccccc1)n2CC. The van der Waals surface area contributed by atoms with Crippen molar-refractivity contribution in [3.05, 3.63) is 59.7 Å². The summed E-state index contributed by atoms with van der Waals surface area (Å²) in [6.45, 7) is 5.48. The maximum Gasteiger partial charge on any atom is 0.338 e. The average molecular weight is 412 g/mol. The number of aromatic nitrogens is 2. The Morgan fingerprint density at radius 1 is 1.14 bits per heavy atom. The van der Waals surface area contributed by atoms with E-state index in [1.165, 1.54) is 17.3 Å². The smallest absolute Gasteiger partial charge is 0.338 e. The van der Waals surface area contributed by atoms with Crippen LogP contribution < -0.4 is 5.32 Å². The zero-order valence-electron chi connectivity index (χ0n) is 16.7. The van der Waals surface area contributed by atoms with Crippen LogP contribution in [0.2, 0.25) is 0 Å². The monoisotopic (exact) mass is 411 g/mol. The van der Waals surface area contributed by atoms with Gasteiger partial charge in [-0.05, 0) is 44.0 Å². The molecule has 3 aromatic rings. The standard InChI is InChI=1S/C22H25N3O3S/c1-3-25-19-11-10-17(21(27)28-4-2)14-18(19)24-22(25)29-15-20(26)23-13-12-16-8-6-5-7-9-16/h5-11,14H,3-4,12-13,15H2,1-2H3,(H,23,26). The molecule has 0 saturated heterocycles. The first-order valence-electron chi connectivity index (χ1n) is 9.73. The number of fused-ring (bicyclic) bond motifs is 1. The van der Waals surface area contributed by atoms with E-state index in [1.54, 1.807) is 19.1 Å². The van der Waals surface area contributed by atoms with Crippen molar-refractivity contribution in [1.29, 1.82) is 0 Å².